The quantitative estimate of drug-likeness (QED) is 0.476. The summed E-state index contributed by atoms with van der Waals surface area (Å²) in [6, 6.07) is 11.4. The summed E-state index contributed by atoms with van der Waals surface area (Å²) in [5, 5.41) is 11.1. The summed E-state index contributed by atoms with van der Waals surface area (Å²) in [5.74, 6) is 0.788. The highest BCUT2D eigenvalue weighted by atomic mass is 16.6. The minimum absolute atomic E-state index is 0.108. The number of rotatable bonds is 6. The van der Waals surface area contributed by atoms with E-state index in [0.29, 0.717) is 36.7 Å². The molecule has 1 heterocycles. The highest BCUT2D eigenvalue weighted by Crippen LogP contribution is 2.38. The molecule has 0 atom stereocenters. The first kappa shape index (κ1) is 18.4. The summed E-state index contributed by atoms with van der Waals surface area (Å²) in [4.78, 5) is 25.0. The van der Waals surface area contributed by atoms with Gasteiger partial charge in [-0.1, -0.05) is 12.1 Å². The smallest absolute Gasteiger partial charge is 0.294 e. The maximum atomic E-state index is 12.9. The molecule has 0 aliphatic carbocycles. The van der Waals surface area contributed by atoms with Gasteiger partial charge in [0.2, 0.25) is 0 Å². The van der Waals surface area contributed by atoms with Gasteiger partial charge in [0.25, 0.3) is 11.6 Å². The first-order valence-corrected chi connectivity index (χ1v) is 8.37. The van der Waals surface area contributed by atoms with Gasteiger partial charge >= 0.3 is 0 Å². The molecule has 1 amide bonds. The van der Waals surface area contributed by atoms with Crippen molar-refractivity contribution in [2.24, 2.45) is 5.73 Å². The number of fused-ring (bicyclic) bond motifs is 1. The first-order valence-electron chi connectivity index (χ1n) is 8.37. The number of hydrogen-bond donors (Lipinski definition) is 1. The van der Waals surface area contributed by atoms with Crippen molar-refractivity contribution in [3.63, 3.8) is 0 Å². The van der Waals surface area contributed by atoms with Crippen LogP contribution < -0.4 is 20.1 Å². The van der Waals surface area contributed by atoms with Crippen LogP contribution in [0.4, 0.5) is 11.4 Å². The maximum absolute atomic E-state index is 12.9. The van der Waals surface area contributed by atoms with Crippen LogP contribution in [0.5, 0.6) is 11.5 Å². The fraction of sp³-hybridized carbons (Fsp3) is 0.211. The molecule has 1 aliphatic heterocycles. The minimum Gasteiger partial charge on any atom is -0.497 e. The fourth-order valence-corrected chi connectivity index (χ4v) is 2.77. The molecule has 0 bridgehead atoms. The third-order valence-corrected chi connectivity index (χ3v) is 4.10. The zero-order valence-corrected chi connectivity index (χ0v) is 14.8. The van der Waals surface area contributed by atoms with Gasteiger partial charge < -0.3 is 20.1 Å². The molecule has 2 N–H and O–H groups in total. The average molecular weight is 369 g/mol. The Labute approximate surface area is 155 Å². The molecule has 1 aliphatic rings. The van der Waals surface area contributed by atoms with Crippen LogP contribution in [-0.2, 0) is 4.79 Å². The van der Waals surface area contributed by atoms with E-state index in [0.717, 1.165) is 5.56 Å². The van der Waals surface area contributed by atoms with E-state index >= 15 is 0 Å². The summed E-state index contributed by atoms with van der Waals surface area (Å²) >= 11 is 0. The summed E-state index contributed by atoms with van der Waals surface area (Å²) in [5.41, 5.74) is 6.57. The van der Waals surface area contributed by atoms with Crippen molar-refractivity contribution in [2.45, 2.75) is 6.42 Å². The molecule has 0 saturated carbocycles. The Morgan fingerprint density at radius 1 is 1.30 bits per heavy atom. The van der Waals surface area contributed by atoms with Crippen molar-refractivity contribution < 1.29 is 19.2 Å². The Morgan fingerprint density at radius 3 is 2.81 bits per heavy atom. The van der Waals surface area contributed by atoms with Crippen LogP contribution in [0, 0.1) is 10.1 Å². The molecule has 0 saturated heterocycles. The Hall–Kier alpha value is -3.39. The third kappa shape index (κ3) is 3.90. The Balaban J connectivity index is 2.02. The van der Waals surface area contributed by atoms with Crippen LogP contribution in [0.2, 0.25) is 0 Å². The number of nitrogens with zero attached hydrogens (tertiary/aromatic N) is 2. The Bertz CT molecular complexity index is 910. The van der Waals surface area contributed by atoms with Crippen molar-refractivity contribution >= 4 is 23.4 Å². The standard InChI is InChI=1S/C19H19N3O5/c1-26-15-5-2-4-13(10-15)11-18-19(23)21(9-3-8-20)16-12-14(22(24)25)6-7-17(16)27-18/h2,4-7,10-12H,3,8-9,20H2,1H3/b18-11+. The number of nitrogens with two attached hydrogens (primary N) is 1. The van der Waals surface area contributed by atoms with E-state index in [1.54, 1.807) is 25.3 Å². The molecule has 0 fully saturated rings. The molecule has 140 valence electrons. The zero-order valence-electron chi connectivity index (χ0n) is 14.8. The predicted octanol–water partition coefficient (Wildman–Crippen LogP) is 2.72. The molecule has 8 nitrogen and oxygen atoms in total. The van der Waals surface area contributed by atoms with Crippen LogP contribution in [-0.4, -0.2) is 31.0 Å². The van der Waals surface area contributed by atoms with Crippen molar-refractivity contribution in [3.05, 3.63) is 63.9 Å². The molecular weight excluding hydrogens is 350 g/mol. The second-order valence-electron chi connectivity index (χ2n) is 5.90. The number of nitro benzene ring substituents is 1. The molecule has 27 heavy (non-hydrogen) atoms. The second-order valence-corrected chi connectivity index (χ2v) is 5.90. The van der Waals surface area contributed by atoms with Gasteiger partial charge in [0.1, 0.15) is 5.75 Å². The summed E-state index contributed by atoms with van der Waals surface area (Å²) in [7, 11) is 1.56. The molecule has 0 radical (unpaired) electrons. The van der Waals surface area contributed by atoms with E-state index in [-0.39, 0.29) is 17.4 Å². The van der Waals surface area contributed by atoms with Gasteiger partial charge in [-0.15, -0.1) is 0 Å². The lowest BCUT2D eigenvalue weighted by Gasteiger charge is -2.30. The lowest BCUT2D eigenvalue weighted by atomic mass is 10.1. The summed E-state index contributed by atoms with van der Waals surface area (Å²) in [6.07, 6.45) is 2.17. The van der Waals surface area contributed by atoms with E-state index in [1.165, 1.54) is 23.1 Å². The first-order chi connectivity index (χ1) is 13.0. The molecule has 0 aromatic heterocycles. The number of benzene rings is 2. The van der Waals surface area contributed by atoms with Crippen LogP contribution >= 0.6 is 0 Å². The number of amides is 1. The number of carbonyl (C=O) groups is 1. The van der Waals surface area contributed by atoms with Gasteiger partial charge in [0.15, 0.2) is 11.5 Å². The third-order valence-electron chi connectivity index (χ3n) is 4.10. The monoisotopic (exact) mass is 369 g/mol. The Morgan fingerprint density at radius 2 is 2.11 bits per heavy atom. The highest BCUT2D eigenvalue weighted by molar-refractivity contribution is 6.10. The number of hydrogen-bond acceptors (Lipinski definition) is 6. The lowest BCUT2D eigenvalue weighted by molar-refractivity contribution is -0.384. The van der Waals surface area contributed by atoms with E-state index in [4.69, 9.17) is 15.2 Å². The van der Waals surface area contributed by atoms with Crippen LogP contribution in [0.3, 0.4) is 0 Å². The number of carbonyl (C=O) groups excluding carboxylic acids is 1. The number of nitro groups is 1. The van der Waals surface area contributed by atoms with Gasteiger partial charge in [-0.25, -0.2) is 0 Å². The number of methoxy groups -OCH3 is 1. The average Bonchev–Trinajstić information content (AvgIpc) is 2.68. The van der Waals surface area contributed by atoms with Gasteiger partial charge in [-0.3, -0.25) is 14.9 Å². The minimum atomic E-state index is -0.506. The summed E-state index contributed by atoms with van der Waals surface area (Å²) in [6.45, 7) is 0.728. The lowest BCUT2D eigenvalue weighted by Crippen LogP contribution is -2.38. The largest absolute Gasteiger partial charge is 0.497 e. The molecule has 3 rings (SSSR count). The van der Waals surface area contributed by atoms with Crippen molar-refractivity contribution in [1.82, 2.24) is 0 Å². The molecule has 0 unspecified atom stereocenters. The van der Waals surface area contributed by atoms with Gasteiger partial charge in [0.05, 0.1) is 17.7 Å². The predicted molar refractivity (Wildman–Crippen MR) is 101 cm³/mol. The van der Waals surface area contributed by atoms with Gasteiger partial charge in [-0.05, 0) is 42.8 Å². The van der Waals surface area contributed by atoms with Crippen LogP contribution in [0.25, 0.3) is 6.08 Å². The molecule has 2 aromatic rings. The van der Waals surface area contributed by atoms with Crippen LogP contribution in [0.1, 0.15) is 12.0 Å². The van der Waals surface area contributed by atoms with Gasteiger partial charge in [-0.2, -0.15) is 0 Å². The molecule has 8 heteroatoms. The fourth-order valence-electron chi connectivity index (χ4n) is 2.77. The van der Waals surface area contributed by atoms with Crippen LogP contribution in [0.15, 0.2) is 48.2 Å². The molecule has 2 aromatic carbocycles. The second kappa shape index (κ2) is 7.88. The van der Waals surface area contributed by atoms with E-state index in [2.05, 4.69) is 0 Å². The zero-order chi connectivity index (χ0) is 19.4. The van der Waals surface area contributed by atoms with Crippen molar-refractivity contribution in [2.75, 3.05) is 25.1 Å². The van der Waals surface area contributed by atoms with E-state index in [9.17, 15) is 14.9 Å². The van der Waals surface area contributed by atoms with Gasteiger partial charge in [0, 0.05) is 18.7 Å². The van der Waals surface area contributed by atoms with Crippen molar-refractivity contribution in [3.8, 4) is 11.5 Å². The number of ether oxygens (including phenoxy) is 2. The summed E-state index contributed by atoms with van der Waals surface area (Å²) < 4.78 is 10.9. The van der Waals surface area contributed by atoms with E-state index < -0.39 is 4.92 Å². The van der Waals surface area contributed by atoms with Crippen molar-refractivity contribution in [1.29, 1.82) is 0 Å². The highest BCUT2D eigenvalue weighted by Gasteiger charge is 2.31. The maximum Gasteiger partial charge on any atom is 0.294 e. The normalized spacial score (nSPS) is 14.7. The number of anilines is 1. The molecular formula is C19H19N3O5. The van der Waals surface area contributed by atoms with E-state index in [1.807, 2.05) is 12.1 Å². The number of non-ortho nitro benzene ring substituents is 1. The SMILES string of the molecule is COc1cccc(/C=C2/Oc3ccc([N+](=O)[O-])cc3N(CCCN)C2=O)c1. The topological polar surface area (TPSA) is 108 Å². The Kier molecular flexibility index (Phi) is 5.37. The molecule has 0 spiro atoms.